The zero-order valence-corrected chi connectivity index (χ0v) is 11.1. The zero-order chi connectivity index (χ0) is 14.5. The van der Waals surface area contributed by atoms with Gasteiger partial charge in [-0.3, -0.25) is 4.79 Å². The predicted octanol–water partition coefficient (Wildman–Crippen LogP) is 2.34. The van der Waals surface area contributed by atoms with E-state index in [0.717, 1.165) is 17.8 Å². The van der Waals surface area contributed by atoms with Crippen molar-refractivity contribution in [1.29, 1.82) is 0 Å². The van der Waals surface area contributed by atoms with Crippen LogP contribution in [0.2, 0.25) is 5.15 Å². The van der Waals surface area contributed by atoms with E-state index >= 15 is 0 Å². The molecule has 2 N–H and O–H groups in total. The van der Waals surface area contributed by atoms with Crippen LogP contribution < -0.4 is 5.32 Å². The number of nitrogens with one attached hydrogen (secondary N) is 1. The molecule has 2 rings (SSSR count). The molecule has 1 atom stereocenters. The number of halogens is 2. The lowest BCUT2D eigenvalue weighted by Gasteiger charge is -2.17. The minimum absolute atomic E-state index is 0.0685. The maximum Gasteiger partial charge on any atom is 0.255 e. The number of carbonyl (C=O) groups is 1. The zero-order valence-electron chi connectivity index (χ0n) is 10.4. The standard InChI is InChI=1S/C14H12ClFN2O2/c15-13-11(6-10(16)7-17-13)14(20)18-12(8-19)9-4-2-1-3-5-9/h1-7,12,19H,8H2,(H,18,20). The Morgan fingerprint density at radius 2 is 2.10 bits per heavy atom. The molecule has 2 aromatic rings. The number of pyridine rings is 1. The molecule has 0 aliphatic heterocycles. The average molecular weight is 295 g/mol. The van der Waals surface area contributed by atoms with Crippen molar-refractivity contribution in [2.75, 3.05) is 6.61 Å². The number of rotatable bonds is 4. The van der Waals surface area contributed by atoms with Crippen molar-refractivity contribution in [2.45, 2.75) is 6.04 Å². The molecule has 0 aliphatic rings. The Kier molecular flexibility index (Phi) is 4.65. The van der Waals surface area contributed by atoms with E-state index in [0.29, 0.717) is 0 Å². The molecule has 1 unspecified atom stereocenters. The molecule has 20 heavy (non-hydrogen) atoms. The first-order chi connectivity index (χ1) is 9.61. The van der Waals surface area contributed by atoms with Gasteiger partial charge in [-0.15, -0.1) is 0 Å². The SMILES string of the molecule is O=C(NC(CO)c1ccccc1)c1cc(F)cnc1Cl. The third-order valence-corrected chi connectivity index (χ3v) is 3.04. The van der Waals surface area contributed by atoms with Crippen molar-refractivity contribution < 1.29 is 14.3 Å². The first kappa shape index (κ1) is 14.4. The molecule has 0 bridgehead atoms. The highest BCUT2D eigenvalue weighted by molar-refractivity contribution is 6.32. The number of amides is 1. The molecule has 1 amide bonds. The van der Waals surface area contributed by atoms with Gasteiger partial charge in [0.2, 0.25) is 0 Å². The van der Waals surface area contributed by atoms with Crippen LogP contribution in [0.1, 0.15) is 22.0 Å². The lowest BCUT2D eigenvalue weighted by molar-refractivity contribution is 0.0915. The van der Waals surface area contributed by atoms with Crippen LogP contribution in [-0.4, -0.2) is 22.6 Å². The fourth-order valence-electron chi connectivity index (χ4n) is 1.74. The molecule has 0 radical (unpaired) electrons. The third-order valence-electron chi connectivity index (χ3n) is 2.74. The Balaban J connectivity index is 2.20. The lowest BCUT2D eigenvalue weighted by Crippen LogP contribution is -2.31. The largest absolute Gasteiger partial charge is 0.394 e. The number of aliphatic hydroxyl groups excluding tert-OH is 1. The fourth-order valence-corrected chi connectivity index (χ4v) is 1.93. The maximum atomic E-state index is 13.1. The number of aliphatic hydroxyl groups is 1. The smallest absolute Gasteiger partial charge is 0.255 e. The van der Waals surface area contributed by atoms with Crippen molar-refractivity contribution in [1.82, 2.24) is 10.3 Å². The van der Waals surface area contributed by atoms with Gasteiger partial charge in [-0.2, -0.15) is 0 Å². The summed E-state index contributed by atoms with van der Waals surface area (Å²) in [6, 6.07) is 9.36. The van der Waals surface area contributed by atoms with Crippen LogP contribution >= 0.6 is 11.6 Å². The summed E-state index contributed by atoms with van der Waals surface area (Å²) in [6.45, 7) is -0.282. The van der Waals surface area contributed by atoms with E-state index in [9.17, 15) is 14.3 Å². The summed E-state index contributed by atoms with van der Waals surface area (Å²) in [4.78, 5) is 15.6. The number of carbonyl (C=O) groups excluding carboxylic acids is 1. The monoisotopic (exact) mass is 294 g/mol. The summed E-state index contributed by atoms with van der Waals surface area (Å²) in [7, 11) is 0. The highest BCUT2D eigenvalue weighted by atomic mass is 35.5. The highest BCUT2D eigenvalue weighted by Gasteiger charge is 2.18. The van der Waals surface area contributed by atoms with Crippen molar-refractivity contribution in [3.8, 4) is 0 Å². The van der Waals surface area contributed by atoms with Crippen LogP contribution in [0.15, 0.2) is 42.6 Å². The topological polar surface area (TPSA) is 62.2 Å². The Labute approximate surface area is 120 Å². The van der Waals surface area contributed by atoms with Crippen molar-refractivity contribution in [3.63, 3.8) is 0 Å². The lowest BCUT2D eigenvalue weighted by atomic mass is 10.1. The predicted molar refractivity (Wildman–Crippen MR) is 72.9 cm³/mol. The van der Waals surface area contributed by atoms with E-state index in [-0.39, 0.29) is 17.3 Å². The van der Waals surface area contributed by atoms with Gasteiger partial charge in [0.15, 0.2) is 0 Å². The van der Waals surface area contributed by atoms with E-state index in [1.807, 2.05) is 6.07 Å². The van der Waals surface area contributed by atoms with Gasteiger partial charge in [-0.25, -0.2) is 9.37 Å². The third kappa shape index (κ3) is 3.31. The van der Waals surface area contributed by atoms with Crippen LogP contribution in [0.3, 0.4) is 0 Å². The Morgan fingerprint density at radius 1 is 1.40 bits per heavy atom. The molecule has 0 saturated heterocycles. The number of hydrogen-bond acceptors (Lipinski definition) is 3. The van der Waals surface area contributed by atoms with Gasteiger partial charge in [0.1, 0.15) is 11.0 Å². The molecule has 1 heterocycles. The molecule has 1 aromatic carbocycles. The summed E-state index contributed by atoms with van der Waals surface area (Å²) >= 11 is 5.76. The summed E-state index contributed by atoms with van der Waals surface area (Å²) in [6.07, 6.45) is 0.930. The van der Waals surface area contributed by atoms with Crippen LogP contribution in [0, 0.1) is 5.82 Å². The van der Waals surface area contributed by atoms with Gasteiger partial charge < -0.3 is 10.4 Å². The number of aromatic nitrogens is 1. The summed E-state index contributed by atoms with van der Waals surface area (Å²) in [5, 5.41) is 11.9. The van der Waals surface area contributed by atoms with E-state index in [4.69, 9.17) is 11.6 Å². The average Bonchev–Trinajstić information content (AvgIpc) is 2.48. The molecule has 104 valence electrons. The molecule has 1 aromatic heterocycles. The van der Waals surface area contributed by atoms with Crippen molar-refractivity contribution in [3.05, 3.63) is 64.7 Å². The van der Waals surface area contributed by atoms with Gasteiger partial charge >= 0.3 is 0 Å². The molecule has 0 aliphatic carbocycles. The minimum Gasteiger partial charge on any atom is -0.394 e. The molecular weight excluding hydrogens is 283 g/mol. The maximum absolute atomic E-state index is 13.1. The second-order valence-electron chi connectivity index (χ2n) is 4.11. The second kappa shape index (κ2) is 6.45. The highest BCUT2D eigenvalue weighted by Crippen LogP contribution is 2.17. The molecular formula is C14H12ClFN2O2. The van der Waals surface area contributed by atoms with Crippen LogP contribution in [-0.2, 0) is 0 Å². The van der Waals surface area contributed by atoms with Gasteiger partial charge in [0.25, 0.3) is 5.91 Å². The molecule has 0 fully saturated rings. The van der Waals surface area contributed by atoms with Crippen molar-refractivity contribution >= 4 is 17.5 Å². The van der Waals surface area contributed by atoms with Gasteiger partial charge in [-0.05, 0) is 11.6 Å². The first-order valence-corrected chi connectivity index (χ1v) is 6.27. The van der Waals surface area contributed by atoms with E-state index in [1.54, 1.807) is 24.3 Å². The first-order valence-electron chi connectivity index (χ1n) is 5.89. The molecule has 4 nitrogen and oxygen atoms in total. The normalized spacial score (nSPS) is 11.9. The van der Waals surface area contributed by atoms with Crippen LogP contribution in [0.4, 0.5) is 4.39 Å². The Bertz CT molecular complexity index is 607. The Hall–Kier alpha value is -1.98. The van der Waals surface area contributed by atoms with Crippen LogP contribution in [0.25, 0.3) is 0 Å². The molecule has 0 spiro atoms. The quantitative estimate of drug-likeness (QED) is 0.851. The number of hydrogen-bond donors (Lipinski definition) is 2. The van der Waals surface area contributed by atoms with Crippen molar-refractivity contribution in [2.24, 2.45) is 0 Å². The van der Waals surface area contributed by atoms with E-state index in [1.165, 1.54) is 0 Å². The molecule has 6 heteroatoms. The van der Waals surface area contributed by atoms with E-state index < -0.39 is 17.8 Å². The second-order valence-corrected chi connectivity index (χ2v) is 4.47. The van der Waals surface area contributed by atoms with Gasteiger partial charge in [0, 0.05) is 0 Å². The van der Waals surface area contributed by atoms with Gasteiger partial charge in [-0.1, -0.05) is 41.9 Å². The summed E-state index contributed by atoms with van der Waals surface area (Å²) in [5.74, 6) is -1.25. The van der Waals surface area contributed by atoms with Gasteiger partial charge in [0.05, 0.1) is 24.4 Å². The summed E-state index contributed by atoms with van der Waals surface area (Å²) < 4.78 is 13.1. The number of benzene rings is 1. The van der Waals surface area contributed by atoms with E-state index in [2.05, 4.69) is 10.3 Å². The summed E-state index contributed by atoms with van der Waals surface area (Å²) in [5.41, 5.74) is 0.671. The number of nitrogens with zero attached hydrogens (tertiary/aromatic N) is 1. The molecule has 0 saturated carbocycles. The van der Waals surface area contributed by atoms with Crippen LogP contribution in [0.5, 0.6) is 0 Å². The Morgan fingerprint density at radius 3 is 2.75 bits per heavy atom. The fraction of sp³-hybridized carbons (Fsp3) is 0.143. The minimum atomic E-state index is -0.653.